The summed E-state index contributed by atoms with van der Waals surface area (Å²) in [6.45, 7) is 4.88. The number of hydrogen-bond acceptors (Lipinski definition) is 1. The van der Waals surface area contributed by atoms with Crippen molar-refractivity contribution in [2.45, 2.75) is 26.4 Å². The van der Waals surface area contributed by atoms with Gasteiger partial charge in [0.05, 0.1) is 4.47 Å². The van der Waals surface area contributed by atoms with Gasteiger partial charge >= 0.3 is 0 Å². The summed E-state index contributed by atoms with van der Waals surface area (Å²) < 4.78 is 13.9. The fourth-order valence-corrected chi connectivity index (χ4v) is 2.35. The average molecular weight is 322 g/mol. The maximum absolute atomic E-state index is 13.4. The van der Waals surface area contributed by atoms with Crippen molar-refractivity contribution >= 4 is 15.9 Å². The van der Waals surface area contributed by atoms with Crippen LogP contribution in [0.4, 0.5) is 4.39 Å². The molecule has 0 radical (unpaired) electrons. The predicted octanol–water partition coefficient (Wildman–Crippen LogP) is 4.75. The molecule has 0 saturated carbocycles. The van der Waals surface area contributed by atoms with Gasteiger partial charge in [-0.3, -0.25) is 0 Å². The van der Waals surface area contributed by atoms with Crippen molar-refractivity contribution in [1.82, 2.24) is 5.32 Å². The van der Waals surface area contributed by atoms with Crippen LogP contribution in [0, 0.1) is 12.7 Å². The summed E-state index contributed by atoms with van der Waals surface area (Å²) in [7, 11) is 0. The number of benzene rings is 2. The Labute approximate surface area is 122 Å². The summed E-state index contributed by atoms with van der Waals surface area (Å²) in [6, 6.07) is 13.8. The molecule has 0 bridgehead atoms. The minimum absolute atomic E-state index is 0.220. The maximum Gasteiger partial charge on any atom is 0.137 e. The molecule has 0 aromatic heterocycles. The van der Waals surface area contributed by atoms with Gasteiger partial charge in [0.1, 0.15) is 5.82 Å². The van der Waals surface area contributed by atoms with E-state index < -0.39 is 0 Å². The molecule has 0 aliphatic rings. The molecular weight excluding hydrogens is 305 g/mol. The third-order valence-corrected chi connectivity index (χ3v) is 3.89. The summed E-state index contributed by atoms with van der Waals surface area (Å²) in [6.07, 6.45) is 0. The quantitative estimate of drug-likeness (QED) is 0.857. The Kier molecular flexibility index (Phi) is 4.72. The molecule has 0 aliphatic carbocycles. The van der Waals surface area contributed by atoms with Crippen LogP contribution in [-0.4, -0.2) is 0 Å². The first kappa shape index (κ1) is 14.2. The van der Waals surface area contributed by atoms with Crippen molar-refractivity contribution in [2.24, 2.45) is 0 Å². The Bertz CT molecular complexity index is 568. The molecule has 1 atom stereocenters. The molecule has 0 fully saturated rings. The summed E-state index contributed by atoms with van der Waals surface area (Å²) in [5.74, 6) is -0.220. The number of hydrogen-bond donors (Lipinski definition) is 1. The third-order valence-electron chi connectivity index (χ3n) is 3.25. The molecular formula is C16H17BrFN. The van der Waals surface area contributed by atoms with Crippen LogP contribution in [0.5, 0.6) is 0 Å². The number of rotatable bonds is 4. The number of nitrogens with one attached hydrogen (secondary N) is 1. The van der Waals surface area contributed by atoms with Gasteiger partial charge in [0, 0.05) is 12.6 Å². The van der Waals surface area contributed by atoms with E-state index in [-0.39, 0.29) is 11.9 Å². The molecule has 2 aromatic rings. The van der Waals surface area contributed by atoms with Gasteiger partial charge in [0.25, 0.3) is 0 Å². The van der Waals surface area contributed by atoms with Crippen molar-refractivity contribution in [1.29, 1.82) is 0 Å². The van der Waals surface area contributed by atoms with Gasteiger partial charge < -0.3 is 5.32 Å². The van der Waals surface area contributed by atoms with Crippen LogP contribution in [0.15, 0.2) is 46.9 Å². The zero-order chi connectivity index (χ0) is 13.8. The average Bonchev–Trinajstić information content (AvgIpc) is 2.40. The Hall–Kier alpha value is -1.19. The van der Waals surface area contributed by atoms with E-state index in [1.165, 1.54) is 11.1 Å². The molecule has 0 aliphatic heterocycles. The summed E-state index contributed by atoms with van der Waals surface area (Å²) >= 11 is 3.16. The smallest absolute Gasteiger partial charge is 0.137 e. The van der Waals surface area contributed by atoms with Gasteiger partial charge in [-0.25, -0.2) is 4.39 Å². The van der Waals surface area contributed by atoms with Gasteiger partial charge in [0.15, 0.2) is 0 Å². The number of halogens is 2. The number of aryl methyl sites for hydroxylation is 1. The highest BCUT2D eigenvalue weighted by Crippen LogP contribution is 2.19. The second-order valence-electron chi connectivity index (χ2n) is 4.71. The van der Waals surface area contributed by atoms with E-state index in [4.69, 9.17) is 0 Å². The highest BCUT2D eigenvalue weighted by Gasteiger charge is 2.07. The minimum Gasteiger partial charge on any atom is -0.306 e. The molecule has 0 saturated heterocycles. The van der Waals surface area contributed by atoms with E-state index in [0.717, 1.165) is 5.56 Å². The SMILES string of the molecule is Cc1ccccc1C(C)NCc1ccc(Br)c(F)c1. The second kappa shape index (κ2) is 6.31. The Morgan fingerprint density at radius 1 is 1.21 bits per heavy atom. The monoisotopic (exact) mass is 321 g/mol. The first-order valence-electron chi connectivity index (χ1n) is 6.31. The Morgan fingerprint density at radius 3 is 2.63 bits per heavy atom. The largest absolute Gasteiger partial charge is 0.306 e. The Balaban J connectivity index is 2.02. The third kappa shape index (κ3) is 3.64. The molecule has 1 nitrogen and oxygen atoms in total. The molecule has 3 heteroatoms. The highest BCUT2D eigenvalue weighted by atomic mass is 79.9. The lowest BCUT2D eigenvalue weighted by molar-refractivity contribution is 0.566. The van der Waals surface area contributed by atoms with Crippen LogP contribution >= 0.6 is 15.9 Å². The van der Waals surface area contributed by atoms with Crippen LogP contribution in [0.2, 0.25) is 0 Å². The van der Waals surface area contributed by atoms with Crippen molar-refractivity contribution < 1.29 is 4.39 Å². The van der Waals surface area contributed by atoms with E-state index >= 15 is 0 Å². The van der Waals surface area contributed by atoms with E-state index in [1.54, 1.807) is 12.1 Å². The molecule has 2 rings (SSSR count). The van der Waals surface area contributed by atoms with Crippen LogP contribution in [0.3, 0.4) is 0 Å². The zero-order valence-electron chi connectivity index (χ0n) is 11.1. The lowest BCUT2D eigenvalue weighted by Gasteiger charge is -2.16. The molecule has 2 aromatic carbocycles. The van der Waals surface area contributed by atoms with E-state index in [0.29, 0.717) is 11.0 Å². The molecule has 1 N–H and O–H groups in total. The van der Waals surface area contributed by atoms with Crippen LogP contribution in [0.1, 0.15) is 29.7 Å². The second-order valence-corrected chi connectivity index (χ2v) is 5.56. The molecule has 19 heavy (non-hydrogen) atoms. The fourth-order valence-electron chi connectivity index (χ4n) is 2.10. The van der Waals surface area contributed by atoms with Gasteiger partial charge in [-0.05, 0) is 58.6 Å². The zero-order valence-corrected chi connectivity index (χ0v) is 12.7. The van der Waals surface area contributed by atoms with Gasteiger partial charge in [-0.1, -0.05) is 30.3 Å². The Morgan fingerprint density at radius 2 is 1.95 bits per heavy atom. The summed E-state index contributed by atoms with van der Waals surface area (Å²) in [5.41, 5.74) is 3.49. The standard InChI is InChI=1S/C16H17BrFN/c1-11-5-3-4-6-14(11)12(2)19-10-13-7-8-15(17)16(18)9-13/h3-9,12,19H,10H2,1-2H3. The van der Waals surface area contributed by atoms with Crippen LogP contribution in [-0.2, 0) is 6.54 Å². The molecule has 0 heterocycles. The normalized spacial score (nSPS) is 12.4. The van der Waals surface area contributed by atoms with Gasteiger partial charge in [-0.15, -0.1) is 0 Å². The van der Waals surface area contributed by atoms with Gasteiger partial charge in [-0.2, -0.15) is 0 Å². The van der Waals surface area contributed by atoms with E-state index in [1.807, 2.05) is 18.2 Å². The van der Waals surface area contributed by atoms with Crippen LogP contribution < -0.4 is 5.32 Å². The van der Waals surface area contributed by atoms with Crippen molar-refractivity contribution in [3.63, 3.8) is 0 Å². The lowest BCUT2D eigenvalue weighted by atomic mass is 10.0. The minimum atomic E-state index is -0.220. The highest BCUT2D eigenvalue weighted by molar-refractivity contribution is 9.10. The van der Waals surface area contributed by atoms with E-state index in [2.05, 4.69) is 47.2 Å². The van der Waals surface area contributed by atoms with Crippen LogP contribution in [0.25, 0.3) is 0 Å². The lowest BCUT2D eigenvalue weighted by Crippen LogP contribution is -2.18. The summed E-state index contributed by atoms with van der Waals surface area (Å²) in [5, 5.41) is 3.42. The maximum atomic E-state index is 13.4. The topological polar surface area (TPSA) is 12.0 Å². The molecule has 100 valence electrons. The molecule has 0 amide bonds. The van der Waals surface area contributed by atoms with Gasteiger partial charge in [0.2, 0.25) is 0 Å². The predicted molar refractivity (Wildman–Crippen MR) is 80.5 cm³/mol. The van der Waals surface area contributed by atoms with Crippen molar-refractivity contribution in [3.05, 3.63) is 69.4 Å². The van der Waals surface area contributed by atoms with E-state index in [9.17, 15) is 4.39 Å². The summed E-state index contributed by atoms with van der Waals surface area (Å²) in [4.78, 5) is 0. The first-order valence-corrected chi connectivity index (χ1v) is 7.10. The first-order chi connectivity index (χ1) is 9.08. The molecule has 0 spiro atoms. The van der Waals surface area contributed by atoms with Crippen molar-refractivity contribution in [3.8, 4) is 0 Å². The molecule has 1 unspecified atom stereocenters. The van der Waals surface area contributed by atoms with Crippen molar-refractivity contribution in [2.75, 3.05) is 0 Å². The fraction of sp³-hybridized carbons (Fsp3) is 0.250.